The van der Waals surface area contributed by atoms with Gasteiger partial charge in [0.2, 0.25) is 0 Å². The second-order valence-corrected chi connectivity index (χ2v) is 7.16. The average Bonchev–Trinajstić information content (AvgIpc) is 2.43. The molecule has 0 N–H and O–H groups in total. The first-order chi connectivity index (χ1) is 6.20. The van der Waals surface area contributed by atoms with Crippen molar-refractivity contribution in [1.29, 1.82) is 0 Å². The van der Waals surface area contributed by atoms with E-state index in [0.29, 0.717) is 0 Å². The van der Waals surface area contributed by atoms with Crippen molar-refractivity contribution >= 4 is 47.7 Å². The van der Waals surface area contributed by atoms with E-state index >= 15 is 0 Å². The lowest BCUT2D eigenvalue weighted by Gasteiger charge is -2.02. The van der Waals surface area contributed by atoms with Gasteiger partial charge in [-0.25, -0.2) is 4.36 Å². The van der Waals surface area contributed by atoms with Crippen molar-refractivity contribution in [3.05, 3.63) is 22.7 Å². The molecule has 70 valence electrons. The fraction of sp³-hybridized carbons (Fsp3) is 0.250. The molecule has 1 atom stereocenters. The Kier molecular flexibility index (Phi) is 2.88. The third kappa shape index (κ3) is 1.89. The van der Waals surface area contributed by atoms with Gasteiger partial charge in [0.15, 0.2) is 0 Å². The molecule has 1 nitrogen and oxygen atoms in total. The maximum Gasteiger partial charge on any atom is 0.0904 e. The molecule has 0 saturated carbocycles. The summed E-state index contributed by atoms with van der Waals surface area (Å²) in [6, 6.07) is 3.89. The lowest BCUT2D eigenvalue weighted by atomic mass is 10.1. The van der Waals surface area contributed by atoms with Crippen molar-refractivity contribution in [1.82, 2.24) is 0 Å². The van der Waals surface area contributed by atoms with Crippen molar-refractivity contribution in [3.8, 4) is 0 Å². The van der Waals surface area contributed by atoms with Crippen molar-refractivity contribution < 1.29 is 0 Å². The monoisotopic (exact) mass is 251 g/mol. The first-order valence-corrected chi connectivity index (χ1v) is 7.55. The zero-order chi connectivity index (χ0) is 9.42. The van der Waals surface area contributed by atoms with Gasteiger partial charge in [-0.15, -0.1) is 0 Å². The van der Waals surface area contributed by atoms with Crippen LogP contribution in [0.3, 0.4) is 0 Å². The molecule has 0 aromatic heterocycles. The molecule has 0 aliphatic carbocycles. The first kappa shape index (κ1) is 9.84. The summed E-state index contributed by atoms with van der Waals surface area (Å²) < 4.78 is 4.36. The summed E-state index contributed by atoms with van der Waals surface area (Å²) in [6.45, 7) is 2.09. The van der Waals surface area contributed by atoms with Crippen molar-refractivity contribution in [2.24, 2.45) is 4.36 Å². The molecule has 1 aromatic rings. The largest absolute Gasteiger partial charge is 0.200 e. The third-order valence-electron chi connectivity index (χ3n) is 1.82. The van der Waals surface area contributed by atoms with E-state index < -0.39 is 8.94 Å². The Morgan fingerprint density at radius 2 is 2.31 bits per heavy atom. The predicted octanol–water partition coefficient (Wildman–Crippen LogP) is 4.51. The number of hydrogen-bond donors (Lipinski definition) is 0. The summed E-state index contributed by atoms with van der Waals surface area (Å²) in [5.41, 5.74) is 2.22. The van der Waals surface area contributed by atoms with Crippen LogP contribution in [0.15, 0.2) is 21.4 Å². The molecule has 0 amide bonds. The lowest BCUT2D eigenvalue weighted by Crippen LogP contribution is -1.81. The van der Waals surface area contributed by atoms with E-state index in [0.717, 1.165) is 22.0 Å². The number of halogens is 2. The van der Waals surface area contributed by atoms with Gasteiger partial charge in [0, 0.05) is 9.92 Å². The molecule has 0 spiro atoms. The highest BCUT2D eigenvalue weighted by Crippen LogP contribution is 2.45. The van der Waals surface area contributed by atoms with Gasteiger partial charge in [0.25, 0.3) is 0 Å². The Hall–Kier alpha value is 0.300. The minimum atomic E-state index is -0.434. The van der Waals surface area contributed by atoms with Crippen LogP contribution < -0.4 is 0 Å². The van der Waals surface area contributed by atoms with Crippen LogP contribution in [-0.4, -0.2) is 0 Å². The van der Waals surface area contributed by atoms with Gasteiger partial charge < -0.3 is 0 Å². The normalized spacial score (nSPS) is 19.8. The maximum absolute atomic E-state index is 5.96. The highest BCUT2D eigenvalue weighted by molar-refractivity contribution is 8.78. The molecule has 0 saturated heterocycles. The Labute approximate surface area is 92.8 Å². The molecule has 0 radical (unpaired) electrons. The van der Waals surface area contributed by atoms with Crippen molar-refractivity contribution in [3.63, 3.8) is 0 Å². The van der Waals surface area contributed by atoms with Crippen LogP contribution in [0.1, 0.15) is 12.5 Å². The molecular weight excluding hydrogens is 245 g/mol. The highest BCUT2D eigenvalue weighted by atomic mass is 35.7. The molecule has 2 rings (SSSR count). The first-order valence-electron chi connectivity index (χ1n) is 3.84. The van der Waals surface area contributed by atoms with Crippen LogP contribution in [-0.2, 0) is 15.4 Å². The summed E-state index contributed by atoms with van der Waals surface area (Å²) in [5, 5.41) is 0.772. The number of rotatable bonds is 1. The topological polar surface area (TPSA) is 12.4 Å². The van der Waals surface area contributed by atoms with Crippen LogP contribution in [0.5, 0.6) is 0 Å². The Morgan fingerprint density at radius 3 is 3.00 bits per heavy atom. The van der Waals surface area contributed by atoms with Gasteiger partial charge in [-0.05, 0) is 45.6 Å². The van der Waals surface area contributed by atoms with E-state index in [1.165, 1.54) is 5.56 Å². The smallest absolute Gasteiger partial charge is 0.0904 e. The van der Waals surface area contributed by atoms with Crippen LogP contribution in [0.4, 0.5) is 5.69 Å². The second kappa shape index (κ2) is 3.81. The van der Waals surface area contributed by atoms with E-state index in [1.807, 2.05) is 12.1 Å². The van der Waals surface area contributed by atoms with Crippen LogP contribution >= 0.6 is 33.1 Å². The van der Waals surface area contributed by atoms with Gasteiger partial charge in [0.1, 0.15) is 0 Å². The molecule has 1 unspecified atom stereocenters. The molecule has 1 aliphatic rings. The Bertz CT molecular complexity index is 390. The standard InChI is InChI=1S/C8H7Cl2NS2/c1-2-5-3-6(9)4-7-8(5)11-13(10)12-7/h3-4H,2H2,1H3. The van der Waals surface area contributed by atoms with Gasteiger partial charge in [-0.1, -0.05) is 18.5 Å². The third-order valence-corrected chi connectivity index (χ3v) is 4.94. The van der Waals surface area contributed by atoms with Crippen LogP contribution in [0, 0.1) is 0 Å². The number of aryl methyl sites for hydroxylation is 1. The van der Waals surface area contributed by atoms with Gasteiger partial charge in [0.05, 0.1) is 14.6 Å². The zero-order valence-corrected chi connectivity index (χ0v) is 10.0. The van der Waals surface area contributed by atoms with Gasteiger partial charge >= 0.3 is 0 Å². The maximum atomic E-state index is 5.96. The van der Waals surface area contributed by atoms with Crippen molar-refractivity contribution in [2.75, 3.05) is 0 Å². The summed E-state index contributed by atoms with van der Waals surface area (Å²) in [6.07, 6.45) is 0.945. The second-order valence-electron chi connectivity index (χ2n) is 2.65. The predicted molar refractivity (Wildman–Crippen MR) is 62.0 cm³/mol. The quantitative estimate of drug-likeness (QED) is 0.670. The van der Waals surface area contributed by atoms with Crippen LogP contribution in [0.2, 0.25) is 5.02 Å². The van der Waals surface area contributed by atoms with Gasteiger partial charge in [-0.2, -0.15) is 0 Å². The van der Waals surface area contributed by atoms with Gasteiger partial charge in [-0.3, -0.25) is 0 Å². The number of benzene rings is 1. The van der Waals surface area contributed by atoms with E-state index in [2.05, 4.69) is 11.3 Å². The molecule has 1 aliphatic heterocycles. The fourth-order valence-electron chi connectivity index (χ4n) is 1.23. The summed E-state index contributed by atoms with van der Waals surface area (Å²) in [7, 11) is 7.08. The fourth-order valence-corrected chi connectivity index (χ4v) is 4.55. The average molecular weight is 252 g/mol. The molecule has 5 heteroatoms. The van der Waals surface area contributed by atoms with E-state index in [9.17, 15) is 0 Å². The minimum absolute atomic E-state index is 0.434. The zero-order valence-electron chi connectivity index (χ0n) is 6.88. The van der Waals surface area contributed by atoms with Crippen molar-refractivity contribution in [2.45, 2.75) is 18.2 Å². The molecule has 13 heavy (non-hydrogen) atoms. The molecule has 0 fully saturated rings. The van der Waals surface area contributed by atoms with E-state index in [1.54, 1.807) is 10.8 Å². The summed E-state index contributed by atoms with van der Waals surface area (Å²) in [4.78, 5) is 1.11. The Morgan fingerprint density at radius 1 is 1.54 bits per heavy atom. The number of fused-ring (bicyclic) bond motifs is 1. The SMILES string of the molecule is CCc1cc(Cl)cc2c1N=S(Cl)S2. The van der Waals surface area contributed by atoms with E-state index in [4.69, 9.17) is 22.3 Å². The summed E-state index contributed by atoms with van der Waals surface area (Å²) in [5.74, 6) is 0. The molecule has 1 heterocycles. The highest BCUT2D eigenvalue weighted by Gasteiger charge is 2.17. The lowest BCUT2D eigenvalue weighted by molar-refractivity contribution is 1.12. The summed E-state index contributed by atoms with van der Waals surface area (Å²) >= 11 is 5.96. The molecular formula is C8H7Cl2NS2. The Balaban J connectivity index is 2.58. The minimum Gasteiger partial charge on any atom is -0.200 e. The number of hydrogen-bond acceptors (Lipinski definition) is 2. The number of nitrogens with zero attached hydrogens (tertiary/aromatic N) is 1. The molecule has 1 aromatic carbocycles. The van der Waals surface area contributed by atoms with E-state index in [-0.39, 0.29) is 0 Å². The molecule has 0 bridgehead atoms. The van der Waals surface area contributed by atoms with Crippen LogP contribution in [0.25, 0.3) is 0 Å².